The number of rotatable bonds is 9. The first-order valence-electron chi connectivity index (χ1n) is 13.1. The summed E-state index contributed by atoms with van der Waals surface area (Å²) in [4.78, 5) is 37.6. The van der Waals surface area contributed by atoms with Gasteiger partial charge in [0.2, 0.25) is 0 Å². The zero-order chi connectivity index (χ0) is 28.8. The summed E-state index contributed by atoms with van der Waals surface area (Å²) in [6.07, 6.45) is 0.675. The molecule has 0 aliphatic carbocycles. The summed E-state index contributed by atoms with van der Waals surface area (Å²) < 4.78 is 24.5. The lowest BCUT2D eigenvalue weighted by Crippen LogP contribution is -2.31. The Kier molecular flexibility index (Phi) is 8.83. The molecule has 0 fully saturated rings. The van der Waals surface area contributed by atoms with E-state index < -0.39 is 11.9 Å². The highest BCUT2D eigenvalue weighted by Crippen LogP contribution is 2.38. The topological polar surface area (TPSA) is 110 Å². The van der Waals surface area contributed by atoms with Crippen LogP contribution < -0.4 is 16.0 Å². The standard InChI is InChI=1S/C31H32FN3O5/c1-5-18(2)35-29(36)22-8-6-7-20(15-22)24-17-25-26(16-21(24)13-14-34-31(38)39-4)40-28(27(25)30(37)33-3)19-9-11-23(32)12-10-19/h6-12,15-18H,5,13-14H2,1-4H3,(H,33,37)(H,34,38)(H,35,36). The van der Waals surface area contributed by atoms with E-state index in [9.17, 15) is 18.8 Å². The largest absolute Gasteiger partial charge is 0.455 e. The number of halogens is 1. The average molecular weight is 546 g/mol. The number of carbonyl (C=O) groups excluding carboxylic acids is 3. The first kappa shape index (κ1) is 28.4. The highest BCUT2D eigenvalue weighted by atomic mass is 19.1. The number of alkyl carbamates (subject to hydrolysis) is 1. The summed E-state index contributed by atoms with van der Waals surface area (Å²) in [6.45, 7) is 4.23. The maximum Gasteiger partial charge on any atom is 0.406 e. The lowest BCUT2D eigenvalue weighted by molar-refractivity contribution is 0.0936. The number of amides is 3. The van der Waals surface area contributed by atoms with Crippen molar-refractivity contribution in [3.05, 3.63) is 83.2 Å². The number of ether oxygens (including phenoxy) is 1. The van der Waals surface area contributed by atoms with Crippen molar-refractivity contribution >= 4 is 28.9 Å². The summed E-state index contributed by atoms with van der Waals surface area (Å²) in [5.74, 6) is -0.627. The van der Waals surface area contributed by atoms with Crippen LogP contribution >= 0.6 is 0 Å². The fourth-order valence-corrected chi connectivity index (χ4v) is 4.42. The maximum atomic E-state index is 13.6. The zero-order valence-corrected chi connectivity index (χ0v) is 22.9. The van der Waals surface area contributed by atoms with Crippen molar-refractivity contribution in [2.45, 2.75) is 32.7 Å². The minimum Gasteiger partial charge on any atom is -0.455 e. The van der Waals surface area contributed by atoms with Crippen LogP contribution in [-0.4, -0.2) is 44.7 Å². The van der Waals surface area contributed by atoms with Crippen molar-refractivity contribution in [2.24, 2.45) is 0 Å². The molecule has 0 aliphatic rings. The van der Waals surface area contributed by atoms with Gasteiger partial charge in [-0.15, -0.1) is 0 Å². The van der Waals surface area contributed by atoms with Crippen LogP contribution in [0.4, 0.5) is 9.18 Å². The molecule has 208 valence electrons. The molecule has 8 nitrogen and oxygen atoms in total. The zero-order valence-electron chi connectivity index (χ0n) is 22.9. The number of furan rings is 1. The van der Waals surface area contributed by atoms with Crippen LogP contribution in [0.5, 0.6) is 0 Å². The number of carbonyl (C=O) groups is 3. The number of benzene rings is 3. The van der Waals surface area contributed by atoms with Gasteiger partial charge in [-0.1, -0.05) is 19.1 Å². The van der Waals surface area contributed by atoms with E-state index in [1.807, 2.05) is 32.0 Å². The molecular weight excluding hydrogens is 513 g/mol. The third kappa shape index (κ3) is 6.14. The third-order valence-electron chi connectivity index (χ3n) is 6.75. The molecule has 4 rings (SSSR count). The molecule has 4 aromatic rings. The Morgan fingerprint density at radius 2 is 1.75 bits per heavy atom. The molecule has 0 radical (unpaired) electrons. The van der Waals surface area contributed by atoms with Gasteiger partial charge < -0.3 is 25.1 Å². The highest BCUT2D eigenvalue weighted by Gasteiger charge is 2.24. The van der Waals surface area contributed by atoms with E-state index in [1.165, 1.54) is 26.3 Å². The summed E-state index contributed by atoms with van der Waals surface area (Å²) in [5, 5.41) is 8.90. The van der Waals surface area contributed by atoms with Gasteiger partial charge in [-0.05, 0) is 85.0 Å². The first-order chi connectivity index (χ1) is 19.2. The molecule has 0 bridgehead atoms. The molecule has 1 aromatic heterocycles. The van der Waals surface area contributed by atoms with E-state index in [0.29, 0.717) is 39.8 Å². The van der Waals surface area contributed by atoms with Crippen LogP contribution in [0.2, 0.25) is 0 Å². The van der Waals surface area contributed by atoms with Gasteiger partial charge in [0.15, 0.2) is 0 Å². The predicted octanol–water partition coefficient (Wildman–Crippen LogP) is 5.69. The second-order valence-electron chi connectivity index (χ2n) is 9.43. The number of hydrogen-bond donors (Lipinski definition) is 3. The molecular formula is C31H32FN3O5. The minimum absolute atomic E-state index is 0.0263. The Hall–Kier alpha value is -4.66. The Morgan fingerprint density at radius 1 is 1.00 bits per heavy atom. The van der Waals surface area contributed by atoms with Crippen molar-refractivity contribution in [1.82, 2.24) is 16.0 Å². The molecule has 3 aromatic carbocycles. The second kappa shape index (κ2) is 12.5. The number of nitrogens with one attached hydrogen (secondary N) is 3. The average Bonchev–Trinajstić information content (AvgIpc) is 3.34. The van der Waals surface area contributed by atoms with Gasteiger partial charge in [0, 0.05) is 36.1 Å². The normalized spacial score (nSPS) is 11.6. The van der Waals surface area contributed by atoms with E-state index in [0.717, 1.165) is 23.1 Å². The fourth-order valence-electron chi connectivity index (χ4n) is 4.42. The van der Waals surface area contributed by atoms with Crippen LogP contribution in [0, 0.1) is 5.82 Å². The summed E-state index contributed by atoms with van der Waals surface area (Å²) >= 11 is 0. The first-order valence-corrected chi connectivity index (χ1v) is 13.1. The van der Waals surface area contributed by atoms with E-state index in [1.54, 1.807) is 30.3 Å². The Balaban J connectivity index is 1.88. The summed E-state index contributed by atoms with van der Waals surface area (Å²) in [6, 6.07) is 16.7. The molecule has 1 unspecified atom stereocenters. The van der Waals surface area contributed by atoms with Gasteiger partial charge >= 0.3 is 6.09 Å². The van der Waals surface area contributed by atoms with Crippen LogP contribution in [0.1, 0.15) is 46.5 Å². The smallest absolute Gasteiger partial charge is 0.406 e. The molecule has 40 heavy (non-hydrogen) atoms. The molecule has 9 heteroatoms. The molecule has 0 spiro atoms. The highest BCUT2D eigenvalue weighted by molar-refractivity contribution is 6.12. The third-order valence-corrected chi connectivity index (χ3v) is 6.75. The van der Waals surface area contributed by atoms with Crippen LogP contribution in [0.15, 0.2) is 65.1 Å². The van der Waals surface area contributed by atoms with Crippen molar-refractivity contribution in [1.29, 1.82) is 0 Å². The van der Waals surface area contributed by atoms with Crippen LogP contribution in [0.3, 0.4) is 0 Å². The van der Waals surface area contributed by atoms with E-state index in [-0.39, 0.29) is 24.4 Å². The van der Waals surface area contributed by atoms with Gasteiger partial charge in [-0.2, -0.15) is 0 Å². The quantitative estimate of drug-likeness (QED) is 0.250. The van der Waals surface area contributed by atoms with Crippen molar-refractivity contribution in [3.8, 4) is 22.5 Å². The van der Waals surface area contributed by atoms with Crippen molar-refractivity contribution in [2.75, 3.05) is 20.7 Å². The second-order valence-corrected chi connectivity index (χ2v) is 9.43. The lowest BCUT2D eigenvalue weighted by atomic mass is 9.93. The van der Waals surface area contributed by atoms with Gasteiger partial charge in [0.1, 0.15) is 17.2 Å². The Labute approximate surface area is 231 Å². The van der Waals surface area contributed by atoms with Crippen molar-refractivity contribution in [3.63, 3.8) is 0 Å². The maximum absolute atomic E-state index is 13.6. The molecule has 1 atom stereocenters. The van der Waals surface area contributed by atoms with Gasteiger partial charge in [-0.3, -0.25) is 9.59 Å². The van der Waals surface area contributed by atoms with Gasteiger partial charge in [-0.25, -0.2) is 9.18 Å². The molecule has 0 saturated heterocycles. The van der Waals surface area contributed by atoms with Crippen molar-refractivity contribution < 1.29 is 27.9 Å². The van der Waals surface area contributed by atoms with Crippen LogP contribution in [-0.2, 0) is 11.2 Å². The monoisotopic (exact) mass is 545 g/mol. The van der Waals surface area contributed by atoms with Gasteiger partial charge in [0.25, 0.3) is 11.8 Å². The SMILES string of the molecule is CCC(C)NC(=O)c1cccc(-c2cc3c(C(=O)NC)c(-c4ccc(F)cc4)oc3cc2CCNC(=O)OC)c1. The molecule has 0 saturated carbocycles. The van der Waals surface area contributed by atoms with E-state index >= 15 is 0 Å². The lowest BCUT2D eigenvalue weighted by Gasteiger charge is -2.14. The molecule has 3 N–H and O–H groups in total. The summed E-state index contributed by atoms with van der Waals surface area (Å²) in [7, 11) is 2.83. The van der Waals surface area contributed by atoms with Crippen LogP contribution in [0.25, 0.3) is 33.4 Å². The van der Waals surface area contributed by atoms with E-state index in [4.69, 9.17) is 4.42 Å². The predicted molar refractivity (Wildman–Crippen MR) is 152 cm³/mol. The Morgan fingerprint density at radius 3 is 2.42 bits per heavy atom. The number of fused-ring (bicyclic) bond motifs is 1. The Bertz CT molecular complexity index is 1540. The fraction of sp³-hybridized carbons (Fsp3) is 0.258. The molecule has 1 heterocycles. The molecule has 0 aliphatic heterocycles. The minimum atomic E-state index is -0.551. The molecule has 3 amide bonds. The number of methoxy groups -OCH3 is 1. The summed E-state index contributed by atoms with van der Waals surface area (Å²) in [5.41, 5.74) is 4.19. The van der Waals surface area contributed by atoms with E-state index in [2.05, 4.69) is 20.7 Å². The van der Waals surface area contributed by atoms with Gasteiger partial charge in [0.05, 0.1) is 12.7 Å². The number of hydrogen-bond acceptors (Lipinski definition) is 5.